The molecule has 3 atom stereocenters. The summed E-state index contributed by atoms with van der Waals surface area (Å²) in [6.07, 6.45) is 1.62. The number of hydrogen-bond donors (Lipinski definition) is 1. The third kappa shape index (κ3) is 2.14. The monoisotopic (exact) mass is 348 g/mol. The summed E-state index contributed by atoms with van der Waals surface area (Å²) in [6, 6.07) is 15.8. The molecule has 1 fully saturated rings. The normalized spacial score (nSPS) is 30.3. The molecule has 4 nitrogen and oxygen atoms in total. The van der Waals surface area contributed by atoms with Crippen LogP contribution in [0.5, 0.6) is 5.75 Å². The molecule has 0 radical (unpaired) electrons. The molecule has 2 aromatic carbocycles. The number of benzene rings is 2. The Balaban J connectivity index is 1.97. The standard InChI is InChI=1S/C22H24N2O2/c1-21-9-10-24(2)20(12-16-7-8-18(26-3)13-19(16)21)22(21,25)17-6-4-5-15(11-17)14-23/h4-8,11,13,20,25H,9-10,12H2,1-3H3/t20?,21-,22+/m1/s1. The molecule has 2 aliphatic rings. The maximum absolute atomic E-state index is 12.2. The number of methoxy groups -OCH3 is 1. The number of aliphatic hydroxyl groups is 1. The third-order valence-electron chi connectivity index (χ3n) is 6.58. The molecular weight excluding hydrogens is 324 g/mol. The summed E-state index contributed by atoms with van der Waals surface area (Å²) in [6.45, 7) is 3.08. The highest BCUT2D eigenvalue weighted by Gasteiger charge is 2.60. The zero-order chi connectivity index (χ0) is 18.5. The number of fused-ring (bicyclic) bond motifs is 4. The molecule has 0 aromatic heterocycles. The number of rotatable bonds is 2. The summed E-state index contributed by atoms with van der Waals surface area (Å²) in [5.41, 5.74) is 2.32. The van der Waals surface area contributed by atoms with Crippen LogP contribution in [0, 0.1) is 11.3 Å². The molecule has 1 N–H and O–H groups in total. The predicted molar refractivity (Wildman–Crippen MR) is 100 cm³/mol. The minimum Gasteiger partial charge on any atom is -0.497 e. The van der Waals surface area contributed by atoms with Gasteiger partial charge in [-0.05, 0) is 67.4 Å². The van der Waals surface area contributed by atoms with Gasteiger partial charge in [-0.15, -0.1) is 0 Å². The SMILES string of the molecule is COc1ccc2c(c1)[C@@]1(C)CCN(C)C(C2)[C@@]1(O)c1cccc(C#N)c1. The van der Waals surface area contributed by atoms with Gasteiger partial charge in [-0.1, -0.05) is 25.1 Å². The number of piperidine rings is 1. The van der Waals surface area contributed by atoms with Gasteiger partial charge in [0.1, 0.15) is 11.4 Å². The summed E-state index contributed by atoms with van der Waals surface area (Å²) >= 11 is 0. The maximum atomic E-state index is 12.2. The van der Waals surface area contributed by atoms with Crippen LogP contribution in [-0.4, -0.2) is 36.8 Å². The fourth-order valence-corrected chi connectivity index (χ4v) is 5.00. The van der Waals surface area contributed by atoms with Crippen LogP contribution < -0.4 is 4.74 Å². The van der Waals surface area contributed by atoms with Crippen LogP contribution in [0.3, 0.4) is 0 Å². The van der Waals surface area contributed by atoms with Crippen LogP contribution in [-0.2, 0) is 17.4 Å². The lowest BCUT2D eigenvalue weighted by Gasteiger charge is -2.60. The second kappa shape index (κ2) is 5.84. The molecule has 4 rings (SSSR count). The Kier molecular flexibility index (Phi) is 3.83. The van der Waals surface area contributed by atoms with Gasteiger partial charge in [0.15, 0.2) is 0 Å². The first kappa shape index (κ1) is 17.1. The predicted octanol–water partition coefficient (Wildman–Crippen LogP) is 2.97. The summed E-state index contributed by atoms with van der Waals surface area (Å²) in [4.78, 5) is 2.26. The molecule has 0 spiro atoms. The van der Waals surface area contributed by atoms with E-state index in [1.165, 1.54) is 5.56 Å². The Morgan fingerprint density at radius 3 is 2.81 bits per heavy atom. The summed E-state index contributed by atoms with van der Waals surface area (Å²) < 4.78 is 5.46. The zero-order valence-corrected chi connectivity index (χ0v) is 15.5. The lowest BCUT2D eigenvalue weighted by atomic mass is 9.53. The van der Waals surface area contributed by atoms with Crippen LogP contribution in [0.25, 0.3) is 0 Å². The van der Waals surface area contributed by atoms with Gasteiger partial charge in [-0.25, -0.2) is 0 Å². The first-order chi connectivity index (χ1) is 12.4. The number of likely N-dealkylation sites (tertiary alicyclic amines) is 1. The summed E-state index contributed by atoms with van der Waals surface area (Å²) in [5, 5.41) is 21.5. The van der Waals surface area contributed by atoms with E-state index in [0.29, 0.717) is 5.56 Å². The molecule has 2 bridgehead atoms. The van der Waals surface area contributed by atoms with Crippen molar-refractivity contribution in [2.45, 2.75) is 36.8 Å². The highest BCUT2D eigenvalue weighted by Crippen LogP contribution is 2.56. The first-order valence-electron chi connectivity index (χ1n) is 9.04. The molecule has 1 unspecified atom stereocenters. The van der Waals surface area contributed by atoms with Crippen LogP contribution in [0.15, 0.2) is 42.5 Å². The number of likely N-dealkylation sites (N-methyl/N-ethyl adjacent to an activating group) is 1. The molecule has 1 aliphatic carbocycles. The van der Waals surface area contributed by atoms with Crippen LogP contribution in [0.4, 0.5) is 0 Å². The number of nitrogens with zero attached hydrogens (tertiary/aromatic N) is 2. The Morgan fingerprint density at radius 2 is 2.08 bits per heavy atom. The highest BCUT2D eigenvalue weighted by molar-refractivity contribution is 5.51. The summed E-state index contributed by atoms with van der Waals surface area (Å²) in [7, 11) is 3.75. The van der Waals surface area contributed by atoms with E-state index in [9.17, 15) is 10.4 Å². The second-order valence-corrected chi connectivity index (χ2v) is 7.76. The van der Waals surface area contributed by atoms with Gasteiger partial charge < -0.3 is 9.84 Å². The highest BCUT2D eigenvalue weighted by atomic mass is 16.5. The lowest BCUT2D eigenvalue weighted by molar-refractivity contribution is -0.141. The lowest BCUT2D eigenvalue weighted by Crippen LogP contribution is -2.67. The van der Waals surface area contributed by atoms with Crippen molar-refractivity contribution in [3.05, 3.63) is 64.7 Å². The number of hydrogen-bond acceptors (Lipinski definition) is 4. The quantitative estimate of drug-likeness (QED) is 0.906. The van der Waals surface area contributed by atoms with Crippen molar-refractivity contribution in [3.8, 4) is 11.8 Å². The molecule has 0 amide bonds. The Morgan fingerprint density at radius 1 is 1.27 bits per heavy atom. The average Bonchev–Trinajstić information content (AvgIpc) is 2.67. The Labute approximate surface area is 154 Å². The minimum absolute atomic E-state index is 0.0314. The van der Waals surface area contributed by atoms with Gasteiger partial charge in [0, 0.05) is 11.5 Å². The van der Waals surface area contributed by atoms with E-state index < -0.39 is 11.0 Å². The smallest absolute Gasteiger partial charge is 0.119 e. The van der Waals surface area contributed by atoms with Gasteiger partial charge in [-0.3, -0.25) is 4.90 Å². The Bertz CT molecular complexity index is 903. The van der Waals surface area contributed by atoms with Crippen molar-refractivity contribution in [1.29, 1.82) is 5.26 Å². The van der Waals surface area contributed by atoms with Crippen molar-refractivity contribution >= 4 is 0 Å². The van der Waals surface area contributed by atoms with Gasteiger partial charge in [0.2, 0.25) is 0 Å². The van der Waals surface area contributed by atoms with E-state index in [1.54, 1.807) is 13.2 Å². The van der Waals surface area contributed by atoms with Gasteiger partial charge in [-0.2, -0.15) is 5.26 Å². The van der Waals surface area contributed by atoms with Crippen molar-refractivity contribution in [3.63, 3.8) is 0 Å². The van der Waals surface area contributed by atoms with E-state index in [4.69, 9.17) is 4.74 Å². The van der Waals surface area contributed by atoms with Gasteiger partial charge in [0.25, 0.3) is 0 Å². The number of nitriles is 1. The molecule has 1 aliphatic heterocycles. The molecule has 1 saturated heterocycles. The molecule has 26 heavy (non-hydrogen) atoms. The third-order valence-corrected chi connectivity index (χ3v) is 6.58. The Hall–Kier alpha value is -2.35. The fourth-order valence-electron chi connectivity index (χ4n) is 5.00. The zero-order valence-electron chi connectivity index (χ0n) is 15.5. The molecule has 0 saturated carbocycles. The van der Waals surface area contributed by atoms with Gasteiger partial charge >= 0.3 is 0 Å². The van der Waals surface area contributed by atoms with Crippen LogP contribution in [0.1, 0.15) is 35.6 Å². The topological polar surface area (TPSA) is 56.5 Å². The van der Waals surface area contributed by atoms with E-state index in [0.717, 1.165) is 36.3 Å². The molecular formula is C22H24N2O2. The first-order valence-corrected chi connectivity index (χ1v) is 9.04. The van der Waals surface area contributed by atoms with E-state index >= 15 is 0 Å². The fraction of sp³-hybridized carbons (Fsp3) is 0.409. The largest absolute Gasteiger partial charge is 0.497 e. The van der Waals surface area contributed by atoms with Crippen molar-refractivity contribution in [2.24, 2.45) is 0 Å². The average molecular weight is 348 g/mol. The molecule has 4 heteroatoms. The summed E-state index contributed by atoms with van der Waals surface area (Å²) in [5.74, 6) is 0.815. The molecule has 2 aromatic rings. The second-order valence-electron chi connectivity index (χ2n) is 7.76. The van der Waals surface area contributed by atoms with E-state index in [1.807, 2.05) is 24.3 Å². The number of ether oxygens (including phenoxy) is 1. The van der Waals surface area contributed by atoms with Crippen molar-refractivity contribution < 1.29 is 9.84 Å². The van der Waals surface area contributed by atoms with Crippen molar-refractivity contribution in [1.82, 2.24) is 4.90 Å². The van der Waals surface area contributed by atoms with Crippen LogP contribution in [0.2, 0.25) is 0 Å². The minimum atomic E-state index is -1.06. The van der Waals surface area contributed by atoms with Crippen LogP contribution >= 0.6 is 0 Å². The van der Waals surface area contributed by atoms with E-state index in [2.05, 4.69) is 37.1 Å². The molecule has 1 heterocycles. The van der Waals surface area contributed by atoms with Crippen molar-refractivity contribution in [2.75, 3.05) is 20.7 Å². The van der Waals surface area contributed by atoms with Gasteiger partial charge in [0.05, 0.1) is 18.7 Å². The van der Waals surface area contributed by atoms with E-state index in [-0.39, 0.29) is 6.04 Å². The maximum Gasteiger partial charge on any atom is 0.119 e. The molecule has 134 valence electrons.